The van der Waals surface area contributed by atoms with E-state index in [-0.39, 0.29) is 12.5 Å². The van der Waals surface area contributed by atoms with E-state index in [1.807, 2.05) is 54.6 Å². The van der Waals surface area contributed by atoms with Gasteiger partial charge in [0.25, 0.3) is 0 Å². The minimum absolute atomic E-state index is 0.132. The lowest BCUT2D eigenvalue weighted by atomic mass is 10.2. The Balaban J connectivity index is 1.85. The summed E-state index contributed by atoms with van der Waals surface area (Å²) in [5, 5.41) is 5.02. The van der Waals surface area contributed by atoms with Gasteiger partial charge in [0.05, 0.1) is 7.11 Å². The van der Waals surface area contributed by atoms with Crippen LogP contribution in [0.15, 0.2) is 54.6 Å². The van der Waals surface area contributed by atoms with Gasteiger partial charge in [-0.15, -0.1) is 0 Å². The highest BCUT2D eigenvalue weighted by Gasteiger charge is 2.05. The fourth-order valence-corrected chi connectivity index (χ4v) is 1.83. The van der Waals surface area contributed by atoms with Crippen LogP contribution in [0.4, 0.5) is 4.79 Å². The molecule has 2 aromatic carbocycles. The number of hydrogen-bond acceptors (Lipinski definition) is 4. The number of alkyl carbamates (subject to hydrolysis) is 1. The van der Waals surface area contributed by atoms with Crippen LogP contribution < -0.4 is 15.4 Å². The molecule has 0 aromatic heterocycles. The zero-order valence-corrected chi connectivity index (χ0v) is 12.7. The van der Waals surface area contributed by atoms with Crippen LogP contribution in [0.1, 0.15) is 5.56 Å². The van der Waals surface area contributed by atoms with Crippen LogP contribution in [0.2, 0.25) is 0 Å². The van der Waals surface area contributed by atoms with Gasteiger partial charge >= 0.3 is 6.09 Å². The normalized spacial score (nSPS) is 9.78. The molecule has 0 aliphatic rings. The van der Waals surface area contributed by atoms with Gasteiger partial charge in [-0.3, -0.25) is 4.79 Å². The molecule has 2 amide bonds. The number of ether oxygens (including phenoxy) is 2. The largest absolute Gasteiger partial charge is 0.457 e. The molecule has 2 rings (SSSR count). The first-order chi connectivity index (χ1) is 11.2. The third kappa shape index (κ3) is 5.70. The third-order valence-electron chi connectivity index (χ3n) is 2.95. The van der Waals surface area contributed by atoms with Gasteiger partial charge in [-0.1, -0.05) is 30.3 Å². The molecule has 6 nitrogen and oxygen atoms in total. The van der Waals surface area contributed by atoms with Crippen molar-refractivity contribution in [1.82, 2.24) is 10.6 Å². The predicted molar refractivity (Wildman–Crippen MR) is 85.2 cm³/mol. The molecule has 0 saturated heterocycles. The van der Waals surface area contributed by atoms with Crippen molar-refractivity contribution in [3.8, 4) is 11.5 Å². The smallest absolute Gasteiger partial charge is 0.407 e. The van der Waals surface area contributed by atoms with E-state index >= 15 is 0 Å². The van der Waals surface area contributed by atoms with Crippen molar-refractivity contribution in [3.05, 3.63) is 60.2 Å². The van der Waals surface area contributed by atoms with Gasteiger partial charge in [-0.05, 0) is 29.8 Å². The van der Waals surface area contributed by atoms with Crippen LogP contribution in [-0.2, 0) is 16.1 Å². The number of amides is 2. The summed E-state index contributed by atoms with van der Waals surface area (Å²) in [6, 6.07) is 16.9. The topological polar surface area (TPSA) is 76.7 Å². The molecule has 6 heteroatoms. The van der Waals surface area contributed by atoms with Gasteiger partial charge in [-0.2, -0.15) is 0 Å². The summed E-state index contributed by atoms with van der Waals surface area (Å²) in [5.41, 5.74) is 0.893. The lowest BCUT2D eigenvalue weighted by Gasteiger charge is -2.09. The standard InChI is InChI=1S/C17H18N2O4/c1-22-17(21)19-12-16(20)18-11-13-6-5-9-15(10-13)23-14-7-3-2-4-8-14/h2-10H,11-12H2,1H3,(H,18,20)(H,19,21). The van der Waals surface area contributed by atoms with Gasteiger partial charge in [0.1, 0.15) is 18.0 Å². The number of nitrogens with one attached hydrogen (secondary N) is 2. The van der Waals surface area contributed by atoms with Crippen LogP contribution in [-0.4, -0.2) is 25.7 Å². The molecule has 0 atom stereocenters. The Morgan fingerprint density at radius 3 is 2.43 bits per heavy atom. The van der Waals surface area contributed by atoms with Gasteiger partial charge < -0.3 is 20.1 Å². The highest BCUT2D eigenvalue weighted by atomic mass is 16.5. The molecule has 0 unspecified atom stereocenters. The minimum Gasteiger partial charge on any atom is -0.457 e. The molecular weight excluding hydrogens is 296 g/mol. The number of carbonyl (C=O) groups excluding carboxylic acids is 2. The lowest BCUT2D eigenvalue weighted by Crippen LogP contribution is -2.36. The molecule has 0 heterocycles. The second kappa shape index (κ2) is 8.43. The SMILES string of the molecule is COC(=O)NCC(=O)NCc1cccc(Oc2ccccc2)c1. The van der Waals surface area contributed by atoms with E-state index < -0.39 is 6.09 Å². The van der Waals surface area contributed by atoms with E-state index in [4.69, 9.17) is 4.74 Å². The van der Waals surface area contributed by atoms with E-state index in [0.717, 1.165) is 11.3 Å². The Labute approximate surface area is 134 Å². The maximum Gasteiger partial charge on any atom is 0.407 e. The summed E-state index contributed by atoms with van der Waals surface area (Å²) in [5.74, 6) is 1.14. The number of rotatable bonds is 6. The van der Waals surface area contributed by atoms with Gasteiger partial charge in [0, 0.05) is 6.54 Å². The van der Waals surface area contributed by atoms with Crippen LogP contribution >= 0.6 is 0 Å². The van der Waals surface area contributed by atoms with Crippen LogP contribution in [0, 0.1) is 0 Å². The predicted octanol–water partition coefficient (Wildman–Crippen LogP) is 2.45. The summed E-state index contributed by atoms with van der Waals surface area (Å²) in [6.45, 7) is 0.209. The van der Waals surface area contributed by atoms with Crippen molar-refractivity contribution in [2.24, 2.45) is 0 Å². The Morgan fingerprint density at radius 2 is 1.70 bits per heavy atom. The molecule has 0 radical (unpaired) electrons. The molecule has 0 spiro atoms. The fourth-order valence-electron chi connectivity index (χ4n) is 1.83. The van der Waals surface area contributed by atoms with E-state index in [1.54, 1.807) is 0 Å². The highest BCUT2D eigenvalue weighted by Crippen LogP contribution is 2.21. The maximum atomic E-state index is 11.6. The highest BCUT2D eigenvalue weighted by molar-refractivity contribution is 5.82. The summed E-state index contributed by atoms with van der Waals surface area (Å²) in [7, 11) is 1.24. The van der Waals surface area contributed by atoms with Gasteiger partial charge in [0.2, 0.25) is 5.91 Å². The summed E-state index contributed by atoms with van der Waals surface area (Å²) in [4.78, 5) is 22.5. The van der Waals surface area contributed by atoms with Gasteiger partial charge in [-0.25, -0.2) is 4.79 Å². The number of para-hydroxylation sites is 1. The van der Waals surface area contributed by atoms with Crippen LogP contribution in [0.5, 0.6) is 11.5 Å². The number of methoxy groups -OCH3 is 1. The van der Waals surface area contributed by atoms with Crippen LogP contribution in [0.3, 0.4) is 0 Å². The summed E-state index contributed by atoms with van der Waals surface area (Å²) >= 11 is 0. The molecule has 2 aromatic rings. The molecule has 23 heavy (non-hydrogen) atoms. The molecule has 2 N–H and O–H groups in total. The summed E-state index contributed by atoms with van der Waals surface area (Å²) in [6.07, 6.45) is -0.640. The first-order valence-electron chi connectivity index (χ1n) is 7.08. The fraction of sp³-hybridized carbons (Fsp3) is 0.176. The second-order valence-electron chi connectivity index (χ2n) is 4.68. The first-order valence-corrected chi connectivity index (χ1v) is 7.08. The Hall–Kier alpha value is -3.02. The minimum atomic E-state index is -0.640. The molecule has 0 fully saturated rings. The molecule has 120 valence electrons. The monoisotopic (exact) mass is 314 g/mol. The second-order valence-corrected chi connectivity index (χ2v) is 4.68. The van der Waals surface area contributed by atoms with Crippen molar-refractivity contribution in [3.63, 3.8) is 0 Å². The van der Waals surface area contributed by atoms with Gasteiger partial charge in [0.15, 0.2) is 0 Å². The molecule has 0 aliphatic carbocycles. The zero-order chi connectivity index (χ0) is 16.5. The van der Waals surface area contributed by atoms with E-state index in [1.165, 1.54) is 7.11 Å². The third-order valence-corrected chi connectivity index (χ3v) is 2.95. The van der Waals surface area contributed by atoms with Crippen molar-refractivity contribution in [1.29, 1.82) is 0 Å². The number of hydrogen-bond donors (Lipinski definition) is 2. The van der Waals surface area contributed by atoms with E-state index in [2.05, 4.69) is 15.4 Å². The molecule has 0 bridgehead atoms. The van der Waals surface area contributed by atoms with Crippen LogP contribution in [0.25, 0.3) is 0 Å². The quantitative estimate of drug-likeness (QED) is 0.858. The summed E-state index contributed by atoms with van der Waals surface area (Å²) < 4.78 is 10.1. The molecule has 0 saturated carbocycles. The Morgan fingerprint density at radius 1 is 0.957 bits per heavy atom. The Kier molecular flexibility index (Phi) is 5.99. The number of carbonyl (C=O) groups is 2. The average molecular weight is 314 g/mol. The van der Waals surface area contributed by atoms with Crippen molar-refractivity contribution >= 4 is 12.0 Å². The average Bonchev–Trinajstić information content (AvgIpc) is 2.59. The zero-order valence-electron chi connectivity index (χ0n) is 12.7. The maximum absolute atomic E-state index is 11.6. The number of benzene rings is 2. The van der Waals surface area contributed by atoms with Crippen molar-refractivity contribution in [2.45, 2.75) is 6.54 Å². The Bertz CT molecular complexity index is 659. The van der Waals surface area contributed by atoms with E-state index in [9.17, 15) is 9.59 Å². The lowest BCUT2D eigenvalue weighted by molar-refractivity contribution is -0.120. The molecule has 0 aliphatic heterocycles. The van der Waals surface area contributed by atoms with Crippen molar-refractivity contribution < 1.29 is 19.1 Å². The van der Waals surface area contributed by atoms with E-state index in [0.29, 0.717) is 12.3 Å². The first kappa shape index (κ1) is 16.4. The molecular formula is C17H18N2O4. The van der Waals surface area contributed by atoms with Crippen molar-refractivity contribution in [2.75, 3.05) is 13.7 Å².